The van der Waals surface area contributed by atoms with E-state index in [2.05, 4.69) is 0 Å². The van der Waals surface area contributed by atoms with Crippen LogP contribution in [0.25, 0.3) is 6.08 Å². The number of anilines is 1. The number of ketones is 2. The molecule has 1 atom stereocenters. The zero-order valence-corrected chi connectivity index (χ0v) is 18.9. The number of hydrazone groups is 1. The SMILES string of the molecule is O=C1c2ccccc2C(=O)C12C(c1ccccc1)C(/C=C\c1ccccc1)=NN2c1ccccc1. The van der Waals surface area contributed by atoms with Gasteiger partial charge in [-0.2, -0.15) is 5.10 Å². The molecule has 6 rings (SSSR count). The lowest BCUT2D eigenvalue weighted by Crippen LogP contribution is -2.56. The number of Topliss-reactive ketones (excluding diaryl/α,β-unsaturated/α-hetero) is 2. The first-order valence-corrected chi connectivity index (χ1v) is 11.6. The second-order valence-electron chi connectivity index (χ2n) is 8.73. The Morgan fingerprint density at radius 3 is 1.74 bits per heavy atom. The summed E-state index contributed by atoms with van der Waals surface area (Å²) in [5, 5.41) is 6.62. The molecular weight excluding hydrogens is 432 g/mol. The highest BCUT2D eigenvalue weighted by molar-refractivity contribution is 6.38. The molecular formula is C31H22N2O2. The quantitative estimate of drug-likeness (QED) is 0.346. The van der Waals surface area contributed by atoms with E-state index in [1.807, 2.05) is 103 Å². The first-order chi connectivity index (χ1) is 17.2. The summed E-state index contributed by atoms with van der Waals surface area (Å²) < 4.78 is 0. The molecule has 4 heteroatoms. The summed E-state index contributed by atoms with van der Waals surface area (Å²) >= 11 is 0. The summed E-state index contributed by atoms with van der Waals surface area (Å²) in [4.78, 5) is 28.5. The molecule has 168 valence electrons. The van der Waals surface area contributed by atoms with E-state index in [9.17, 15) is 9.59 Å². The van der Waals surface area contributed by atoms with Crippen LogP contribution in [0.3, 0.4) is 0 Å². The molecule has 1 unspecified atom stereocenters. The van der Waals surface area contributed by atoms with Gasteiger partial charge in [0.2, 0.25) is 5.54 Å². The molecule has 0 radical (unpaired) electrons. The Bertz CT molecular complexity index is 1440. The molecule has 1 spiro atoms. The number of carbonyl (C=O) groups excluding carboxylic acids is 2. The zero-order chi connectivity index (χ0) is 23.8. The maximum atomic E-state index is 14.3. The van der Waals surface area contributed by atoms with E-state index in [0.717, 1.165) is 11.1 Å². The highest BCUT2D eigenvalue weighted by Crippen LogP contribution is 2.50. The Balaban J connectivity index is 1.60. The molecule has 0 N–H and O–H groups in total. The number of hydrogen-bond acceptors (Lipinski definition) is 4. The van der Waals surface area contributed by atoms with Crippen LogP contribution in [0.2, 0.25) is 0 Å². The Morgan fingerprint density at radius 1 is 0.629 bits per heavy atom. The maximum Gasteiger partial charge on any atom is 0.201 e. The van der Waals surface area contributed by atoms with Crippen molar-refractivity contribution in [3.8, 4) is 0 Å². The van der Waals surface area contributed by atoms with Crippen molar-refractivity contribution in [1.82, 2.24) is 0 Å². The molecule has 0 fully saturated rings. The van der Waals surface area contributed by atoms with Crippen LogP contribution in [0.1, 0.15) is 37.8 Å². The van der Waals surface area contributed by atoms with Crippen LogP contribution < -0.4 is 5.01 Å². The van der Waals surface area contributed by atoms with E-state index < -0.39 is 11.5 Å². The fourth-order valence-corrected chi connectivity index (χ4v) is 5.20. The van der Waals surface area contributed by atoms with Crippen molar-refractivity contribution in [2.24, 2.45) is 5.10 Å². The molecule has 1 aliphatic heterocycles. The molecule has 0 saturated heterocycles. The smallest absolute Gasteiger partial charge is 0.201 e. The third kappa shape index (κ3) is 3.18. The van der Waals surface area contributed by atoms with Crippen LogP contribution in [-0.4, -0.2) is 22.8 Å². The lowest BCUT2D eigenvalue weighted by atomic mass is 9.73. The number of para-hydroxylation sites is 1. The van der Waals surface area contributed by atoms with Gasteiger partial charge in [-0.1, -0.05) is 109 Å². The van der Waals surface area contributed by atoms with Crippen molar-refractivity contribution in [2.75, 3.05) is 5.01 Å². The molecule has 4 nitrogen and oxygen atoms in total. The van der Waals surface area contributed by atoms with Crippen LogP contribution in [-0.2, 0) is 0 Å². The molecule has 0 bridgehead atoms. The zero-order valence-electron chi connectivity index (χ0n) is 18.9. The van der Waals surface area contributed by atoms with Gasteiger partial charge < -0.3 is 0 Å². The predicted molar refractivity (Wildman–Crippen MR) is 139 cm³/mol. The standard InChI is InChI=1S/C31H22N2O2/c34-29-25-18-10-11-19-26(25)30(35)31(29)28(23-14-6-2-7-15-23)27(21-20-22-12-4-1-5-13-22)32-33(31)24-16-8-3-9-17-24/h1-21,28H/b21-20-. The fourth-order valence-electron chi connectivity index (χ4n) is 5.20. The van der Waals surface area contributed by atoms with Gasteiger partial charge in [-0.25, -0.2) is 5.01 Å². The lowest BCUT2D eigenvalue weighted by Gasteiger charge is -2.36. The molecule has 0 aromatic heterocycles. The maximum absolute atomic E-state index is 14.3. The van der Waals surface area contributed by atoms with Gasteiger partial charge in [0, 0.05) is 11.1 Å². The van der Waals surface area contributed by atoms with Crippen molar-refractivity contribution in [3.05, 3.63) is 144 Å². The Morgan fingerprint density at radius 2 is 1.14 bits per heavy atom. The monoisotopic (exact) mass is 454 g/mol. The Labute approximate surface area is 203 Å². The minimum Gasteiger partial charge on any atom is -0.291 e. The van der Waals surface area contributed by atoms with Crippen molar-refractivity contribution >= 4 is 29.0 Å². The van der Waals surface area contributed by atoms with Gasteiger partial charge in [-0.3, -0.25) is 9.59 Å². The van der Waals surface area contributed by atoms with Crippen molar-refractivity contribution in [1.29, 1.82) is 0 Å². The number of allylic oxidation sites excluding steroid dienone is 1. The van der Waals surface area contributed by atoms with E-state index in [-0.39, 0.29) is 11.6 Å². The molecule has 1 aliphatic carbocycles. The van der Waals surface area contributed by atoms with E-state index >= 15 is 0 Å². The first-order valence-electron chi connectivity index (χ1n) is 11.6. The second kappa shape index (κ2) is 8.33. The van der Waals surface area contributed by atoms with Crippen LogP contribution in [0.15, 0.2) is 126 Å². The lowest BCUT2D eigenvalue weighted by molar-refractivity contribution is 0.0791. The van der Waals surface area contributed by atoms with E-state index in [0.29, 0.717) is 22.5 Å². The van der Waals surface area contributed by atoms with E-state index in [4.69, 9.17) is 5.10 Å². The Hall–Kier alpha value is -4.57. The minimum absolute atomic E-state index is 0.220. The van der Waals surface area contributed by atoms with Gasteiger partial charge in [0.05, 0.1) is 17.3 Å². The van der Waals surface area contributed by atoms with Crippen molar-refractivity contribution < 1.29 is 9.59 Å². The average molecular weight is 455 g/mol. The third-order valence-corrected chi connectivity index (χ3v) is 6.75. The fraction of sp³-hybridized carbons (Fsp3) is 0.0645. The van der Waals surface area contributed by atoms with Crippen LogP contribution in [0, 0.1) is 0 Å². The van der Waals surface area contributed by atoms with E-state index in [1.54, 1.807) is 29.3 Å². The second-order valence-corrected chi connectivity index (χ2v) is 8.73. The van der Waals surface area contributed by atoms with Crippen LogP contribution in [0.4, 0.5) is 5.69 Å². The summed E-state index contributed by atoms with van der Waals surface area (Å²) in [5.41, 5.74) is 2.62. The molecule has 2 aliphatic rings. The summed E-state index contributed by atoms with van der Waals surface area (Å²) in [6, 6.07) is 36.3. The van der Waals surface area contributed by atoms with Crippen molar-refractivity contribution in [3.63, 3.8) is 0 Å². The highest BCUT2D eigenvalue weighted by Gasteiger charge is 2.66. The molecule has 4 aromatic carbocycles. The van der Waals surface area contributed by atoms with Gasteiger partial charge in [0.1, 0.15) is 0 Å². The van der Waals surface area contributed by atoms with Gasteiger partial charge >= 0.3 is 0 Å². The minimum atomic E-state index is -1.53. The van der Waals surface area contributed by atoms with Gasteiger partial charge in [-0.05, 0) is 29.3 Å². The summed E-state index contributed by atoms with van der Waals surface area (Å²) in [6.07, 6.45) is 3.91. The highest BCUT2D eigenvalue weighted by atomic mass is 16.2. The number of nitrogens with zero attached hydrogens (tertiary/aromatic N) is 2. The number of carbonyl (C=O) groups is 2. The predicted octanol–water partition coefficient (Wildman–Crippen LogP) is 6.18. The topological polar surface area (TPSA) is 49.7 Å². The van der Waals surface area contributed by atoms with Crippen LogP contribution in [0.5, 0.6) is 0 Å². The Kier molecular flexibility index (Phi) is 5.00. The molecule has 1 heterocycles. The van der Waals surface area contributed by atoms with Gasteiger partial charge in [-0.15, -0.1) is 0 Å². The normalized spacial score (nSPS) is 18.3. The summed E-state index contributed by atoms with van der Waals surface area (Å²) in [6.45, 7) is 0. The number of rotatable bonds is 4. The molecule has 0 saturated carbocycles. The van der Waals surface area contributed by atoms with Gasteiger partial charge in [0.15, 0.2) is 11.6 Å². The average Bonchev–Trinajstić information content (AvgIpc) is 3.38. The number of hydrogen-bond donors (Lipinski definition) is 0. The summed E-state index contributed by atoms with van der Waals surface area (Å²) in [5.74, 6) is -1.01. The molecule has 4 aromatic rings. The third-order valence-electron chi connectivity index (χ3n) is 6.75. The number of fused-ring (bicyclic) bond motifs is 1. The summed E-state index contributed by atoms with van der Waals surface area (Å²) in [7, 11) is 0. The van der Waals surface area contributed by atoms with Crippen molar-refractivity contribution in [2.45, 2.75) is 11.5 Å². The molecule has 0 amide bonds. The molecule has 35 heavy (non-hydrogen) atoms. The van der Waals surface area contributed by atoms with Crippen LogP contribution >= 0.6 is 0 Å². The first kappa shape index (κ1) is 21.0. The number of benzene rings is 4. The van der Waals surface area contributed by atoms with E-state index in [1.165, 1.54) is 0 Å². The largest absolute Gasteiger partial charge is 0.291 e. The van der Waals surface area contributed by atoms with Gasteiger partial charge in [0.25, 0.3) is 0 Å².